The first-order valence-corrected chi connectivity index (χ1v) is 11.9. The molecule has 3 aromatic carbocycles. The summed E-state index contributed by atoms with van der Waals surface area (Å²) in [7, 11) is 0. The minimum atomic E-state index is -3.08. The van der Waals surface area contributed by atoms with E-state index >= 15 is 4.39 Å². The Balaban J connectivity index is 1.44. The van der Waals surface area contributed by atoms with E-state index in [9.17, 15) is 13.2 Å². The molecule has 0 saturated heterocycles. The van der Waals surface area contributed by atoms with Crippen molar-refractivity contribution in [2.45, 2.75) is 70.8 Å². The molecule has 33 heavy (non-hydrogen) atoms. The lowest BCUT2D eigenvalue weighted by Crippen LogP contribution is -2.13. The molecule has 0 atom stereocenters. The molecule has 1 aliphatic carbocycles. The van der Waals surface area contributed by atoms with Crippen molar-refractivity contribution in [3.8, 4) is 5.75 Å². The lowest BCUT2D eigenvalue weighted by molar-refractivity contribution is -0.0522. The zero-order valence-corrected chi connectivity index (χ0v) is 18.9. The third-order valence-corrected chi connectivity index (χ3v) is 6.97. The van der Waals surface area contributed by atoms with Gasteiger partial charge in [-0.25, -0.2) is 8.78 Å². The van der Waals surface area contributed by atoms with E-state index in [0.717, 1.165) is 17.4 Å². The van der Waals surface area contributed by atoms with Gasteiger partial charge in [-0.05, 0) is 84.6 Å². The summed E-state index contributed by atoms with van der Waals surface area (Å²) in [5.74, 6) is -0.169. The molecule has 0 unspecified atom stereocenters. The van der Waals surface area contributed by atoms with Gasteiger partial charge in [0, 0.05) is 5.39 Å². The molecule has 1 nitrogen and oxygen atoms in total. The first kappa shape index (κ1) is 23.6. The molecule has 1 fully saturated rings. The van der Waals surface area contributed by atoms with Crippen LogP contribution in [0.2, 0.25) is 0 Å². The molecule has 1 aliphatic rings. The van der Waals surface area contributed by atoms with E-state index in [2.05, 4.69) is 23.8 Å². The Morgan fingerprint density at radius 3 is 2.39 bits per heavy atom. The minimum Gasteiger partial charge on any atom is -0.432 e. The van der Waals surface area contributed by atoms with Gasteiger partial charge in [-0.3, -0.25) is 0 Å². The summed E-state index contributed by atoms with van der Waals surface area (Å²) in [5, 5.41) is 1.51. The number of hydrogen-bond donors (Lipinski definition) is 0. The molecular formula is C28H30F4O. The molecule has 5 heteroatoms. The lowest BCUT2D eigenvalue weighted by Gasteiger charge is -2.28. The zero-order chi connectivity index (χ0) is 23.4. The monoisotopic (exact) mass is 458 g/mol. The molecule has 0 aliphatic heterocycles. The predicted octanol–water partition coefficient (Wildman–Crippen LogP) is 8.58. The molecule has 1 saturated carbocycles. The third kappa shape index (κ3) is 5.69. The van der Waals surface area contributed by atoms with E-state index in [-0.39, 0.29) is 5.82 Å². The van der Waals surface area contributed by atoms with Crippen molar-refractivity contribution in [3.63, 3.8) is 0 Å². The van der Waals surface area contributed by atoms with Crippen LogP contribution < -0.4 is 4.74 Å². The van der Waals surface area contributed by atoms with Crippen LogP contribution in [0.25, 0.3) is 10.8 Å². The molecule has 0 spiro atoms. The van der Waals surface area contributed by atoms with Crippen LogP contribution in [0.4, 0.5) is 17.6 Å². The highest BCUT2D eigenvalue weighted by Gasteiger charge is 2.22. The largest absolute Gasteiger partial charge is 0.432 e. The molecule has 176 valence electrons. The SMILES string of the molecule is CCCC1CCC(c2ccc3c(F)c(CCc4ccc(OC(F)F)c(F)c4)ccc3c2)CC1. The number of alkyl halides is 2. The molecule has 4 rings (SSSR count). The van der Waals surface area contributed by atoms with Gasteiger partial charge >= 0.3 is 6.61 Å². The second kappa shape index (κ2) is 10.6. The maximum atomic E-state index is 15.2. The van der Waals surface area contributed by atoms with Crippen LogP contribution in [0.1, 0.15) is 68.1 Å². The number of halogens is 4. The normalized spacial score (nSPS) is 18.7. The lowest BCUT2D eigenvalue weighted by atomic mass is 9.77. The van der Waals surface area contributed by atoms with Gasteiger partial charge < -0.3 is 4.74 Å². The Hall–Kier alpha value is -2.56. The Morgan fingerprint density at radius 1 is 0.909 bits per heavy atom. The van der Waals surface area contributed by atoms with E-state index in [4.69, 9.17) is 0 Å². The van der Waals surface area contributed by atoms with Crippen molar-refractivity contribution in [3.05, 3.63) is 76.9 Å². The van der Waals surface area contributed by atoms with Crippen molar-refractivity contribution in [1.29, 1.82) is 0 Å². The Morgan fingerprint density at radius 2 is 1.70 bits per heavy atom. The van der Waals surface area contributed by atoms with Gasteiger partial charge in [0.1, 0.15) is 5.82 Å². The number of benzene rings is 3. The fraction of sp³-hybridized carbons (Fsp3) is 0.429. The topological polar surface area (TPSA) is 9.23 Å². The number of ether oxygens (including phenoxy) is 1. The van der Waals surface area contributed by atoms with Gasteiger partial charge in [0.25, 0.3) is 0 Å². The average Bonchev–Trinajstić information content (AvgIpc) is 2.80. The molecule has 0 N–H and O–H groups in total. The maximum Gasteiger partial charge on any atom is 0.387 e. The summed E-state index contributed by atoms with van der Waals surface area (Å²) >= 11 is 0. The van der Waals surface area contributed by atoms with Crippen LogP contribution >= 0.6 is 0 Å². The second-order valence-corrected chi connectivity index (χ2v) is 9.17. The molecule has 0 radical (unpaired) electrons. The first-order valence-electron chi connectivity index (χ1n) is 11.9. The Bertz CT molecular complexity index is 1090. The van der Waals surface area contributed by atoms with Crippen molar-refractivity contribution in [2.75, 3.05) is 0 Å². The highest BCUT2D eigenvalue weighted by atomic mass is 19.3. The van der Waals surface area contributed by atoms with Crippen LogP contribution in [0.3, 0.4) is 0 Å². The van der Waals surface area contributed by atoms with Crippen LogP contribution in [-0.2, 0) is 12.8 Å². The number of aryl methyl sites for hydroxylation is 2. The van der Waals surface area contributed by atoms with Crippen LogP contribution in [0, 0.1) is 17.6 Å². The van der Waals surface area contributed by atoms with E-state index in [1.165, 1.54) is 56.2 Å². The standard InChI is InChI=1S/C28H30F4O/c1-2-3-18-4-8-20(9-5-18)22-13-14-24-23(17-22)12-11-21(27(24)30)10-6-19-7-15-26(25(29)16-19)33-28(31)32/h7,11-18,20,28H,2-6,8-10H2,1H3. The predicted molar refractivity (Wildman–Crippen MR) is 124 cm³/mol. The molecule has 0 aromatic heterocycles. The van der Waals surface area contributed by atoms with Crippen molar-refractivity contribution < 1.29 is 22.3 Å². The van der Waals surface area contributed by atoms with E-state index in [1.807, 2.05) is 12.1 Å². The van der Waals surface area contributed by atoms with Gasteiger partial charge in [0.2, 0.25) is 0 Å². The Kier molecular flexibility index (Phi) is 7.56. The summed E-state index contributed by atoms with van der Waals surface area (Å²) in [6.45, 7) is -0.827. The molecule has 0 bridgehead atoms. The van der Waals surface area contributed by atoms with E-state index in [0.29, 0.717) is 35.3 Å². The summed E-state index contributed by atoms with van der Waals surface area (Å²) in [4.78, 5) is 0. The molecule has 0 amide bonds. The summed E-state index contributed by atoms with van der Waals surface area (Å²) in [6.07, 6.45) is 8.31. The smallest absolute Gasteiger partial charge is 0.387 e. The fourth-order valence-electron chi connectivity index (χ4n) is 5.17. The van der Waals surface area contributed by atoms with Gasteiger partial charge in [-0.1, -0.05) is 56.2 Å². The highest BCUT2D eigenvalue weighted by Crippen LogP contribution is 2.38. The minimum absolute atomic E-state index is 0.246. The van der Waals surface area contributed by atoms with Crippen LogP contribution in [-0.4, -0.2) is 6.61 Å². The third-order valence-electron chi connectivity index (χ3n) is 6.97. The molecule has 0 heterocycles. The van der Waals surface area contributed by atoms with Crippen LogP contribution in [0.15, 0.2) is 48.5 Å². The van der Waals surface area contributed by atoms with Gasteiger partial charge in [-0.15, -0.1) is 0 Å². The quantitative estimate of drug-likeness (QED) is 0.307. The number of hydrogen-bond acceptors (Lipinski definition) is 1. The van der Waals surface area contributed by atoms with E-state index in [1.54, 1.807) is 6.07 Å². The summed E-state index contributed by atoms with van der Waals surface area (Å²) in [5.41, 5.74) is 2.46. The van der Waals surface area contributed by atoms with Crippen molar-refractivity contribution in [2.24, 2.45) is 5.92 Å². The fourth-order valence-corrected chi connectivity index (χ4v) is 5.17. The molecular weight excluding hydrogens is 428 g/mol. The number of rotatable bonds is 8. The average molecular weight is 459 g/mol. The van der Waals surface area contributed by atoms with Gasteiger partial charge in [0.15, 0.2) is 11.6 Å². The van der Waals surface area contributed by atoms with Crippen molar-refractivity contribution in [1.82, 2.24) is 0 Å². The van der Waals surface area contributed by atoms with Crippen LogP contribution in [0.5, 0.6) is 5.75 Å². The first-order chi connectivity index (χ1) is 15.9. The van der Waals surface area contributed by atoms with E-state index < -0.39 is 18.2 Å². The van der Waals surface area contributed by atoms with Crippen molar-refractivity contribution >= 4 is 10.8 Å². The Labute approximate surface area is 192 Å². The number of fused-ring (bicyclic) bond motifs is 1. The maximum absolute atomic E-state index is 15.2. The van der Waals surface area contributed by atoms with Gasteiger partial charge in [0.05, 0.1) is 0 Å². The highest BCUT2D eigenvalue weighted by molar-refractivity contribution is 5.84. The zero-order valence-electron chi connectivity index (χ0n) is 18.9. The van der Waals surface area contributed by atoms with Gasteiger partial charge in [-0.2, -0.15) is 8.78 Å². The summed E-state index contributed by atoms with van der Waals surface area (Å²) in [6, 6.07) is 13.7. The second-order valence-electron chi connectivity index (χ2n) is 9.17. The summed E-state index contributed by atoms with van der Waals surface area (Å²) < 4.78 is 57.8. The molecule has 3 aromatic rings.